The number of amides is 2. The molecule has 166 valence electrons. The minimum atomic E-state index is -4.35. The average Bonchev–Trinajstić information content (AvgIpc) is 2.73. The second-order valence-corrected chi connectivity index (χ2v) is 9.33. The van der Waals surface area contributed by atoms with Crippen molar-refractivity contribution in [1.82, 2.24) is 0 Å². The molecule has 0 saturated carbocycles. The van der Waals surface area contributed by atoms with Crippen LogP contribution in [0.2, 0.25) is 0 Å². The van der Waals surface area contributed by atoms with E-state index in [1.807, 2.05) is 0 Å². The van der Waals surface area contributed by atoms with Crippen molar-refractivity contribution in [1.29, 1.82) is 0 Å². The third kappa shape index (κ3) is 5.76. The number of hydrogen-bond donors (Lipinski definition) is 4. The van der Waals surface area contributed by atoms with Gasteiger partial charge >= 0.3 is 0 Å². The highest BCUT2D eigenvalue weighted by molar-refractivity contribution is 7.86. The highest BCUT2D eigenvalue weighted by Crippen LogP contribution is 2.17. The summed E-state index contributed by atoms with van der Waals surface area (Å²) in [6.45, 7) is 0. The summed E-state index contributed by atoms with van der Waals surface area (Å²) >= 11 is 0. The minimum absolute atomic E-state index is 0.151. The van der Waals surface area contributed by atoms with Crippen molar-refractivity contribution in [3.63, 3.8) is 0 Å². The molecule has 0 bridgehead atoms. The zero-order valence-corrected chi connectivity index (χ0v) is 17.7. The SMILES string of the molecule is O=C(Nc1ccc(S(=O)(=O)O)cc1)c1cccc(C(=O)Nc2ccc(S(=O)(=O)O)cc2)c1. The number of carbonyl (C=O) groups is 2. The predicted octanol–water partition coefficient (Wildman–Crippen LogP) is 2.68. The molecule has 0 fully saturated rings. The van der Waals surface area contributed by atoms with Gasteiger partial charge in [0.2, 0.25) is 0 Å². The lowest BCUT2D eigenvalue weighted by molar-refractivity contribution is 0.102. The Morgan fingerprint density at radius 2 is 0.938 bits per heavy atom. The van der Waals surface area contributed by atoms with Crippen molar-refractivity contribution >= 4 is 43.4 Å². The molecule has 0 heterocycles. The van der Waals surface area contributed by atoms with Crippen LogP contribution in [-0.2, 0) is 20.2 Å². The Labute approximate surface area is 183 Å². The van der Waals surface area contributed by atoms with E-state index >= 15 is 0 Å². The van der Waals surface area contributed by atoms with E-state index in [1.54, 1.807) is 0 Å². The maximum Gasteiger partial charge on any atom is 0.294 e. The van der Waals surface area contributed by atoms with Crippen molar-refractivity contribution in [3.8, 4) is 0 Å². The van der Waals surface area contributed by atoms with Gasteiger partial charge in [-0.2, -0.15) is 16.8 Å². The lowest BCUT2D eigenvalue weighted by Crippen LogP contribution is -2.15. The van der Waals surface area contributed by atoms with Gasteiger partial charge in [-0.25, -0.2) is 0 Å². The van der Waals surface area contributed by atoms with Gasteiger partial charge in [-0.15, -0.1) is 0 Å². The number of benzene rings is 3. The van der Waals surface area contributed by atoms with Crippen LogP contribution in [0, 0.1) is 0 Å². The van der Waals surface area contributed by atoms with Gasteiger partial charge in [-0.05, 0) is 66.7 Å². The van der Waals surface area contributed by atoms with E-state index in [1.165, 1.54) is 48.5 Å². The number of hydrogen-bond acceptors (Lipinski definition) is 6. The molecule has 0 unspecified atom stereocenters. The number of nitrogens with one attached hydrogen (secondary N) is 2. The standard InChI is InChI=1S/C20H16N2O8S2/c23-19(21-15-4-8-17(9-5-15)31(25,26)27)13-2-1-3-14(12-13)20(24)22-16-6-10-18(11-7-16)32(28,29)30/h1-12H,(H,21,23)(H,22,24)(H,25,26,27)(H,28,29,30). The molecule has 0 saturated heterocycles. The lowest BCUT2D eigenvalue weighted by Gasteiger charge is -2.09. The molecule has 3 aromatic carbocycles. The largest absolute Gasteiger partial charge is 0.322 e. The maximum atomic E-state index is 12.5. The molecule has 4 N–H and O–H groups in total. The third-order valence-electron chi connectivity index (χ3n) is 4.21. The first kappa shape index (κ1) is 23.1. The summed E-state index contributed by atoms with van der Waals surface area (Å²) in [5, 5.41) is 5.09. The normalized spacial score (nSPS) is 11.6. The molecule has 0 radical (unpaired) electrons. The van der Waals surface area contributed by atoms with Crippen LogP contribution in [0.25, 0.3) is 0 Å². The Hall–Kier alpha value is -3.58. The Bertz CT molecular complexity index is 1280. The van der Waals surface area contributed by atoms with Gasteiger partial charge in [0.15, 0.2) is 0 Å². The average molecular weight is 476 g/mol. The zero-order chi connectivity index (χ0) is 23.5. The van der Waals surface area contributed by atoms with E-state index in [-0.39, 0.29) is 32.3 Å². The number of anilines is 2. The van der Waals surface area contributed by atoms with E-state index in [0.717, 1.165) is 24.3 Å². The molecule has 0 atom stereocenters. The van der Waals surface area contributed by atoms with Crippen LogP contribution in [0.4, 0.5) is 11.4 Å². The molecule has 32 heavy (non-hydrogen) atoms. The molecule has 2 amide bonds. The second-order valence-electron chi connectivity index (χ2n) is 6.49. The zero-order valence-electron chi connectivity index (χ0n) is 16.1. The van der Waals surface area contributed by atoms with Crippen LogP contribution in [0.15, 0.2) is 82.6 Å². The Morgan fingerprint density at radius 1 is 0.594 bits per heavy atom. The van der Waals surface area contributed by atoms with E-state index in [2.05, 4.69) is 10.6 Å². The summed E-state index contributed by atoms with van der Waals surface area (Å²) in [5.41, 5.74) is 0.851. The van der Waals surface area contributed by atoms with Gasteiger partial charge < -0.3 is 10.6 Å². The van der Waals surface area contributed by atoms with Crippen LogP contribution in [0.3, 0.4) is 0 Å². The van der Waals surface area contributed by atoms with Crippen molar-refractivity contribution in [2.75, 3.05) is 10.6 Å². The van der Waals surface area contributed by atoms with Crippen LogP contribution >= 0.6 is 0 Å². The molecule has 3 rings (SSSR count). The first-order valence-corrected chi connectivity index (χ1v) is 11.7. The molecule has 10 nitrogen and oxygen atoms in total. The molecule has 0 aliphatic rings. The first-order valence-electron chi connectivity index (χ1n) is 8.81. The first-order chi connectivity index (χ1) is 14.9. The van der Waals surface area contributed by atoms with E-state index in [0.29, 0.717) is 0 Å². The van der Waals surface area contributed by atoms with E-state index in [9.17, 15) is 26.4 Å². The summed E-state index contributed by atoms with van der Waals surface area (Å²) in [6.07, 6.45) is 0. The van der Waals surface area contributed by atoms with Crippen LogP contribution < -0.4 is 10.6 Å². The van der Waals surface area contributed by atoms with Crippen LogP contribution in [0.1, 0.15) is 20.7 Å². The molecular formula is C20H16N2O8S2. The summed E-state index contributed by atoms with van der Waals surface area (Å²) in [4.78, 5) is 24.3. The summed E-state index contributed by atoms with van der Waals surface area (Å²) in [6, 6.07) is 15.5. The van der Waals surface area contributed by atoms with Crippen LogP contribution in [-0.4, -0.2) is 37.8 Å². The van der Waals surface area contributed by atoms with Crippen molar-refractivity contribution < 1.29 is 35.5 Å². The molecular weight excluding hydrogens is 460 g/mol. The molecule has 0 aliphatic heterocycles. The maximum absolute atomic E-state index is 12.5. The Balaban J connectivity index is 1.71. The fourth-order valence-electron chi connectivity index (χ4n) is 2.63. The second kappa shape index (κ2) is 8.88. The minimum Gasteiger partial charge on any atom is -0.322 e. The highest BCUT2D eigenvalue weighted by Gasteiger charge is 2.14. The Morgan fingerprint density at radius 3 is 1.25 bits per heavy atom. The fraction of sp³-hybridized carbons (Fsp3) is 0. The summed E-state index contributed by atoms with van der Waals surface area (Å²) in [5.74, 6) is -1.12. The predicted molar refractivity (Wildman–Crippen MR) is 115 cm³/mol. The topological polar surface area (TPSA) is 167 Å². The highest BCUT2D eigenvalue weighted by atomic mass is 32.2. The molecule has 0 aromatic heterocycles. The summed E-state index contributed by atoms with van der Waals surface area (Å²) in [7, 11) is -8.70. The van der Waals surface area contributed by atoms with Gasteiger partial charge in [-0.3, -0.25) is 18.7 Å². The Kier molecular flexibility index (Phi) is 6.41. The van der Waals surface area contributed by atoms with Gasteiger partial charge in [0, 0.05) is 22.5 Å². The lowest BCUT2D eigenvalue weighted by atomic mass is 10.1. The third-order valence-corrected chi connectivity index (χ3v) is 5.94. The molecule has 12 heteroatoms. The monoisotopic (exact) mass is 476 g/mol. The van der Waals surface area contributed by atoms with Gasteiger partial charge in [0.25, 0.3) is 32.1 Å². The van der Waals surface area contributed by atoms with Crippen molar-refractivity contribution in [3.05, 3.63) is 83.9 Å². The van der Waals surface area contributed by atoms with Gasteiger partial charge in [-0.1, -0.05) is 6.07 Å². The molecule has 0 aliphatic carbocycles. The number of rotatable bonds is 6. The quantitative estimate of drug-likeness (QED) is 0.394. The fourth-order valence-corrected chi connectivity index (χ4v) is 3.59. The summed E-state index contributed by atoms with van der Waals surface area (Å²) < 4.78 is 62.3. The molecule has 0 spiro atoms. The van der Waals surface area contributed by atoms with E-state index < -0.39 is 32.1 Å². The van der Waals surface area contributed by atoms with Crippen molar-refractivity contribution in [2.24, 2.45) is 0 Å². The molecule has 3 aromatic rings. The van der Waals surface area contributed by atoms with Gasteiger partial charge in [0.1, 0.15) is 0 Å². The van der Waals surface area contributed by atoms with Crippen LogP contribution in [0.5, 0.6) is 0 Å². The van der Waals surface area contributed by atoms with Gasteiger partial charge in [0.05, 0.1) is 9.79 Å². The van der Waals surface area contributed by atoms with E-state index in [4.69, 9.17) is 9.11 Å². The number of carbonyl (C=O) groups excluding carboxylic acids is 2. The van der Waals surface area contributed by atoms with Crippen molar-refractivity contribution in [2.45, 2.75) is 9.79 Å². The smallest absolute Gasteiger partial charge is 0.294 e.